The van der Waals surface area contributed by atoms with Gasteiger partial charge in [-0.3, -0.25) is 0 Å². The summed E-state index contributed by atoms with van der Waals surface area (Å²) in [5, 5.41) is 4.94. The molecule has 0 atom stereocenters. The second-order valence-electron chi connectivity index (χ2n) is 12.8. The van der Waals surface area contributed by atoms with E-state index in [0.717, 1.165) is 61.6 Å². The van der Waals surface area contributed by atoms with Gasteiger partial charge in [-0.15, -0.1) is 0 Å². The van der Waals surface area contributed by atoms with Crippen molar-refractivity contribution in [1.29, 1.82) is 0 Å². The zero-order chi connectivity index (χ0) is 32.6. The molecule has 0 fully saturated rings. The molecule has 0 saturated heterocycles. The molecule has 0 unspecified atom stereocenters. The highest BCUT2D eigenvalue weighted by molar-refractivity contribution is 6.25. The summed E-state index contributed by atoms with van der Waals surface area (Å²) >= 11 is 0. The molecular formula is C44H31N5. The Hall–Kier alpha value is -6.46. The first kappa shape index (κ1) is 27.6. The molecule has 49 heavy (non-hydrogen) atoms. The molecule has 5 nitrogen and oxygen atoms in total. The van der Waals surface area contributed by atoms with Crippen molar-refractivity contribution < 1.29 is 0 Å². The fraction of sp³-hybridized carbons (Fsp3) is 0.0455. The summed E-state index contributed by atoms with van der Waals surface area (Å²) in [7, 11) is 4.21. The van der Waals surface area contributed by atoms with Gasteiger partial charge in [-0.05, 0) is 76.5 Å². The molecule has 7 aromatic carbocycles. The SMILES string of the molecule is Cn1c(-c2cccc(-n3c4cc(-c5nc6ccccc6n5C)cc(-c5ccccc5)c4c4c5ccccc5ccc43)c2)nc2ccccc21. The lowest BCUT2D eigenvalue weighted by Crippen LogP contribution is -1.98. The van der Waals surface area contributed by atoms with Gasteiger partial charge in [0.2, 0.25) is 0 Å². The van der Waals surface area contributed by atoms with Gasteiger partial charge in [0.05, 0.1) is 33.1 Å². The molecule has 3 heterocycles. The Balaban J connectivity index is 1.34. The minimum Gasteiger partial charge on any atom is -0.327 e. The van der Waals surface area contributed by atoms with E-state index in [1.165, 1.54) is 32.7 Å². The fourth-order valence-electron chi connectivity index (χ4n) is 7.75. The molecular weight excluding hydrogens is 599 g/mol. The predicted octanol–water partition coefficient (Wildman–Crippen LogP) is 10.7. The minimum absolute atomic E-state index is 0.940. The molecule has 10 rings (SSSR count). The Labute approximate surface area is 282 Å². The molecule has 10 aromatic rings. The van der Waals surface area contributed by atoms with Gasteiger partial charge < -0.3 is 13.7 Å². The zero-order valence-electron chi connectivity index (χ0n) is 27.2. The van der Waals surface area contributed by atoms with Crippen LogP contribution in [0.5, 0.6) is 0 Å². The topological polar surface area (TPSA) is 40.6 Å². The fourth-order valence-corrected chi connectivity index (χ4v) is 7.75. The third-order valence-corrected chi connectivity index (χ3v) is 10.0. The van der Waals surface area contributed by atoms with E-state index in [2.05, 4.69) is 173 Å². The van der Waals surface area contributed by atoms with E-state index in [0.29, 0.717) is 0 Å². The molecule has 0 aliphatic carbocycles. The molecule has 0 radical (unpaired) electrons. The van der Waals surface area contributed by atoms with Gasteiger partial charge in [0.15, 0.2) is 0 Å². The molecule has 0 saturated carbocycles. The number of para-hydroxylation sites is 4. The molecule has 0 spiro atoms. The molecule has 3 aromatic heterocycles. The average molecular weight is 630 g/mol. The van der Waals surface area contributed by atoms with Gasteiger partial charge in [-0.1, -0.05) is 97.1 Å². The van der Waals surface area contributed by atoms with Gasteiger partial charge >= 0.3 is 0 Å². The van der Waals surface area contributed by atoms with Crippen molar-refractivity contribution in [2.75, 3.05) is 0 Å². The monoisotopic (exact) mass is 629 g/mol. The molecule has 232 valence electrons. The van der Waals surface area contributed by atoms with E-state index in [-0.39, 0.29) is 0 Å². The van der Waals surface area contributed by atoms with Crippen molar-refractivity contribution in [1.82, 2.24) is 23.7 Å². The molecule has 0 aliphatic heterocycles. The van der Waals surface area contributed by atoms with Crippen LogP contribution in [0.1, 0.15) is 0 Å². The van der Waals surface area contributed by atoms with Crippen LogP contribution in [0.4, 0.5) is 0 Å². The number of rotatable bonds is 4. The summed E-state index contributed by atoms with van der Waals surface area (Å²) in [5.74, 6) is 1.88. The summed E-state index contributed by atoms with van der Waals surface area (Å²) < 4.78 is 6.83. The largest absolute Gasteiger partial charge is 0.327 e. The maximum atomic E-state index is 5.16. The van der Waals surface area contributed by atoms with Crippen LogP contribution in [0.15, 0.2) is 152 Å². The molecule has 0 aliphatic rings. The molecule has 0 N–H and O–H groups in total. The number of hydrogen-bond acceptors (Lipinski definition) is 2. The first-order chi connectivity index (χ1) is 24.1. The second kappa shape index (κ2) is 10.5. The Kier molecular flexibility index (Phi) is 5.94. The van der Waals surface area contributed by atoms with Crippen molar-refractivity contribution >= 4 is 54.6 Å². The van der Waals surface area contributed by atoms with Crippen LogP contribution in [-0.2, 0) is 14.1 Å². The second-order valence-corrected chi connectivity index (χ2v) is 12.8. The number of nitrogens with zero attached hydrogens (tertiary/aromatic N) is 5. The summed E-state index contributed by atoms with van der Waals surface area (Å²) in [6.45, 7) is 0. The van der Waals surface area contributed by atoms with Crippen molar-refractivity contribution in [2.24, 2.45) is 14.1 Å². The van der Waals surface area contributed by atoms with Crippen molar-refractivity contribution in [2.45, 2.75) is 0 Å². The van der Waals surface area contributed by atoms with Crippen molar-refractivity contribution in [3.63, 3.8) is 0 Å². The first-order valence-electron chi connectivity index (χ1n) is 16.6. The average Bonchev–Trinajstić information content (AvgIpc) is 3.80. The van der Waals surface area contributed by atoms with Gasteiger partial charge in [0, 0.05) is 41.7 Å². The van der Waals surface area contributed by atoms with Gasteiger partial charge in [0.25, 0.3) is 0 Å². The van der Waals surface area contributed by atoms with E-state index in [9.17, 15) is 0 Å². The Morgan fingerprint density at radius 2 is 1.06 bits per heavy atom. The van der Waals surface area contributed by atoms with E-state index in [1.807, 2.05) is 6.07 Å². The summed E-state index contributed by atoms with van der Waals surface area (Å²) in [5.41, 5.74) is 12.1. The van der Waals surface area contributed by atoms with Crippen LogP contribution in [0.3, 0.4) is 0 Å². The number of hydrogen-bond donors (Lipinski definition) is 0. The standard InChI is InChI=1S/C44H31N5/c1-47-37-21-10-8-19-35(37)45-43(47)30-16-12-17-32(25-30)49-39-24-23-29-15-6-7-18-33(29)41(39)42-34(28-13-4-3-5-14-28)26-31(27-40(42)49)44-46-36-20-9-11-22-38(36)48(44)2/h3-27H,1-2H3. The number of benzene rings is 7. The van der Waals surface area contributed by atoms with E-state index in [1.54, 1.807) is 0 Å². The van der Waals surface area contributed by atoms with Gasteiger partial charge in [0.1, 0.15) is 11.6 Å². The number of fused-ring (bicyclic) bond motifs is 7. The third kappa shape index (κ3) is 4.12. The number of aromatic nitrogens is 5. The van der Waals surface area contributed by atoms with Gasteiger partial charge in [-0.2, -0.15) is 0 Å². The highest BCUT2D eigenvalue weighted by Crippen LogP contribution is 2.44. The quantitative estimate of drug-likeness (QED) is 0.194. The lowest BCUT2D eigenvalue weighted by molar-refractivity contribution is 0.958. The maximum absolute atomic E-state index is 5.16. The normalized spacial score (nSPS) is 11.9. The Bertz CT molecular complexity index is 2900. The van der Waals surface area contributed by atoms with Gasteiger partial charge in [-0.25, -0.2) is 9.97 Å². The van der Waals surface area contributed by atoms with Crippen LogP contribution in [0.25, 0.3) is 94.2 Å². The van der Waals surface area contributed by atoms with E-state index in [4.69, 9.17) is 9.97 Å². The number of imidazole rings is 2. The summed E-state index contributed by atoms with van der Waals surface area (Å²) in [6.07, 6.45) is 0. The van der Waals surface area contributed by atoms with Crippen molar-refractivity contribution in [3.05, 3.63) is 152 Å². The van der Waals surface area contributed by atoms with Crippen LogP contribution in [-0.4, -0.2) is 23.7 Å². The molecule has 0 bridgehead atoms. The smallest absolute Gasteiger partial charge is 0.140 e. The highest BCUT2D eigenvalue weighted by Gasteiger charge is 2.22. The first-order valence-corrected chi connectivity index (χ1v) is 16.6. The van der Waals surface area contributed by atoms with E-state index < -0.39 is 0 Å². The van der Waals surface area contributed by atoms with Crippen LogP contribution in [0, 0.1) is 0 Å². The Morgan fingerprint density at radius 3 is 1.80 bits per heavy atom. The Morgan fingerprint density at radius 1 is 0.429 bits per heavy atom. The minimum atomic E-state index is 0.940. The van der Waals surface area contributed by atoms with E-state index >= 15 is 0 Å². The predicted molar refractivity (Wildman–Crippen MR) is 203 cm³/mol. The molecule has 5 heteroatoms. The number of aryl methyl sites for hydroxylation is 2. The lowest BCUT2D eigenvalue weighted by atomic mass is 9.95. The maximum Gasteiger partial charge on any atom is 0.140 e. The highest BCUT2D eigenvalue weighted by atomic mass is 15.1. The summed E-state index contributed by atoms with van der Waals surface area (Å²) in [4.78, 5) is 10.2. The molecule has 0 amide bonds. The van der Waals surface area contributed by atoms with Crippen LogP contribution < -0.4 is 0 Å². The third-order valence-electron chi connectivity index (χ3n) is 10.0. The van der Waals surface area contributed by atoms with Crippen LogP contribution in [0.2, 0.25) is 0 Å². The van der Waals surface area contributed by atoms with Crippen molar-refractivity contribution in [3.8, 4) is 39.6 Å². The summed E-state index contributed by atoms with van der Waals surface area (Å²) in [6, 6.07) is 54.2. The van der Waals surface area contributed by atoms with Crippen LogP contribution >= 0.6 is 0 Å². The lowest BCUT2D eigenvalue weighted by Gasteiger charge is -2.13. The zero-order valence-corrected chi connectivity index (χ0v) is 27.2.